The second-order valence-corrected chi connectivity index (χ2v) is 7.93. The number of ether oxygens (including phenoxy) is 1. The number of carbonyl (C=O) groups excluding carboxylic acids is 2. The molecule has 2 aliphatic rings. The number of aryl methyl sites for hydroxylation is 1. The lowest BCUT2D eigenvalue weighted by molar-refractivity contribution is -0.130. The van der Waals surface area contributed by atoms with Gasteiger partial charge in [0.15, 0.2) is 5.66 Å². The number of nitrogens with zero attached hydrogens (tertiary/aromatic N) is 4. The zero-order valence-corrected chi connectivity index (χ0v) is 16.5. The van der Waals surface area contributed by atoms with E-state index in [-0.39, 0.29) is 17.8 Å². The minimum absolute atomic E-state index is 0.119. The molecule has 1 unspecified atom stereocenters. The Morgan fingerprint density at radius 2 is 2.19 bits per heavy atom. The molecule has 0 radical (unpaired) electrons. The summed E-state index contributed by atoms with van der Waals surface area (Å²) >= 11 is 1.38. The van der Waals surface area contributed by atoms with Crippen LogP contribution in [0, 0.1) is 19.3 Å². The average Bonchev–Trinajstić information content (AvgIpc) is 3.06. The lowest BCUT2D eigenvalue weighted by Crippen LogP contribution is -2.29. The number of hydrogen-bond donors (Lipinski definition) is 0. The summed E-state index contributed by atoms with van der Waals surface area (Å²) in [6.45, 7) is 5.30. The lowest BCUT2D eigenvalue weighted by atomic mass is 10.0. The molecule has 3 heterocycles. The van der Waals surface area contributed by atoms with Crippen molar-refractivity contribution in [2.24, 2.45) is 10.2 Å². The summed E-state index contributed by atoms with van der Waals surface area (Å²) in [5, 5.41) is 9.07. The highest BCUT2D eigenvalue weighted by molar-refractivity contribution is 7.13. The van der Waals surface area contributed by atoms with Gasteiger partial charge in [-0.25, -0.2) is 9.78 Å². The number of amides is 1. The maximum atomic E-state index is 12.5. The van der Waals surface area contributed by atoms with Gasteiger partial charge in [-0.1, -0.05) is 0 Å². The fourth-order valence-electron chi connectivity index (χ4n) is 3.30. The molecule has 2 aliphatic heterocycles. The van der Waals surface area contributed by atoms with Gasteiger partial charge in [-0.15, -0.1) is 23.7 Å². The first-order valence-corrected chi connectivity index (χ1v) is 10.1. The van der Waals surface area contributed by atoms with E-state index in [1.54, 1.807) is 6.92 Å². The van der Waals surface area contributed by atoms with Gasteiger partial charge in [0, 0.05) is 44.7 Å². The van der Waals surface area contributed by atoms with Gasteiger partial charge in [-0.3, -0.25) is 4.79 Å². The molecule has 0 aromatic carbocycles. The van der Waals surface area contributed by atoms with E-state index in [1.807, 2.05) is 11.8 Å². The summed E-state index contributed by atoms with van der Waals surface area (Å²) in [5.41, 5.74) is 0.285. The zero-order chi connectivity index (χ0) is 19.4. The van der Waals surface area contributed by atoms with E-state index < -0.39 is 5.66 Å². The number of thiazole rings is 1. The van der Waals surface area contributed by atoms with E-state index in [0.717, 1.165) is 11.4 Å². The zero-order valence-electron chi connectivity index (χ0n) is 15.7. The number of terminal acetylenes is 1. The van der Waals surface area contributed by atoms with Crippen LogP contribution in [0.3, 0.4) is 0 Å². The Morgan fingerprint density at radius 3 is 2.85 bits per heavy atom. The average molecular weight is 388 g/mol. The molecule has 1 saturated heterocycles. The highest BCUT2D eigenvalue weighted by Crippen LogP contribution is 2.38. The molecule has 1 amide bonds. The van der Waals surface area contributed by atoms with Crippen LogP contribution in [0.1, 0.15) is 65.3 Å². The molecule has 1 aromatic rings. The van der Waals surface area contributed by atoms with E-state index in [1.165, 1.54) is 11.3 Å². The third-order valence-electron chi connectivity index (χ3n) is 4.96. The Labute approximate surface area is 163 Å². The highest BCUT2D eigenvalue weighted by atomic mass is 32.1. The molecule has 0 bridgehead atoms. The fraction of sp³-hybridized carbons (Fsp3) is 0.632. The molecule has 1 fully saturated rings. The largest absolute Gasteiger partial charge is 0.462 e. The quantitative estimate of drug-likeness (QED) is 0.505. The molecule has 8 heteroatoms. The predicted molar refractivity (Wildman–Crippen MR) is 102 cm³/mol. The summed E-state index contributed by atoms with van der Waals surface area (Å²) < 4.78 is 5.08. The van der Waals surface area contributed by atoms with Gasteiger partial charge in [0.05, 0.1) is 17.3 Å². The highest BCUT2D eigenvalue weighted by Gasteiger charge is 2.40. The third kappa shape index (κ3) is 4.53. The Kier molecular flexibility index (Phi) is 5.90. The van der Waals surface area contributed by atoms with Crippen molar-refractivity contribution in [3.63, 3.8) is 0 Å². The molecule has 0 spiro atoms. The monoisotopic (exact) mass is 388 g/mol. The second-order valence-electron chi connectivity index (χ2n) is 6.90. The van der Waals surface area contributed by atoms with Crippen molar-refractivity contribution in [3.05, 3.63) is 15.6 Å². The molecule has 1 aromatic heterocycles. The summed E-state index contributed by atoms with van der Waals surface area (Å²) in [6, 6.07) is 0. The van der Waals surface area contributed by atoms with Gasteiger partial charge in [0.25, 0.3) is 0 Å². The number of carbonyl (C=O) groups is 2. The number of aromatic nitrogens is 1. The summed E-state index contributed by atoms with van der Waals surface area (Å²) in [5.74, 6) is 2.57. The molecular weight excluding hydrogens is 364 g/mol. The van der Waals surface area contributed by atoms with Crippen molar-refractivity contribution in [1.82, 2.24) is 9.88 Å². The van der Waals surface area contributed by atoms with Crippen LogP contribution in [0.2, 0.25) is 0 Å². The standard InChI is InChI=1S/C19H24N4O3S/c1-4-6-9-19(21-22-19)10-7-15(24)23-11-8-14(12-23)17-20-13(3)16(27-17)18(25)26-5-2/h1,14H,5-12H2,2-3H3. The maximum Gasteiger partial charge on any atom is 0.350 e. The first-order chi connectivity index (χ1) is 13.0. The van der Waals surface area contributed by atoms with Crippen LogP contribution >= 0.6 is 11.3 Å². The van der Waals surface area contributed by atoms with E-state index >= 15 is 0 Å². The Morgan fingerprint density at radius 1 is 1.41 bits per heavy atom. The fourth-order valence-corrected chi connectivity index (χ4v) is 4.39. The maximum absolute atomic E-state index is 12.5. The van der Waals surface area contributed by atoms with Gasteiger partial charge >= 0.3 is 5.97 Å². The number of likely N-dealkylation sites (tertiary alicyclic amines) is 1. The topological polar surface area (TPSA) is 84.2 Å². The van der Waals surface area contributed by atoms with Gasteiger partial charge in [-0.2, -0.15) is 10.2 Å². The SMILES string of the molecule is C#CCCC1(CCC(=O)N2CCC(c3nc(C)c(C(=O)OCC)s3)C2)N=N1. The molecule has 3 rings (SSSR count). The van der Waals surface area contributed by atoms with Gasteiger partial charge in [-0.05, 0) is 20.3 Å². The molecule has 7 nitrogen and oxygen atoms in total. The van der Waals surface area contributed by atoms with E-state index in [2.05, 4.69) is 21.1 Å². The Hall–Kier alpha value is -2.27. The third-order valence-corrected chi connectivity index (χ3v) is 6.26. The first kappa shape index (κ1) is 19.5. The van der Waals surface area contributed by atoms with Gasteiger partial charge < -0.3 is 9.64 Å². The van der Waals surface area contributed by atoms with Crippen LogP contribution in [-0.2, 0) is 9.53 Å². The van der Waals surface area contributed by atoms with Crippen LogP contribution in [-0.4, -0.2) is 47.1 Å². The van der Waals surface area contributed by atoms with Crippen molar-refractivity contribution < 1.29 is 14.3 Å². The van der Waals surface area contributed by atoms with E-state index in [4.69, 9.17) is 11.2 Å². The number of esters is 1. The number of rotatable bonds is 8. The van der Waals surface area contributed by atoms with Crippen molar-refractivity contribution in [2.75, 3.05) is 19.7 Å². The van der Waals surface area contributed by atoms with E-state index in [0.29, 0.717) is 56.0 Å². The Bertz CT molecular complexity index is 789. The Balaban J connectivity index is 1.53. The van der Waals surface area contributed by atoms with E-state index in [9.17, 15) is 9.59 Å². The predicted octanol–water partition coefficient (Wildman–Crippen LogP) is 3.30. The summed E-state index contributed by atoms with van der Waals surface area (Å²) in [7, 11) is 0. The second kappa shape index (κ2) is 8.17. The minimum Gasteiger partial charge on any atom is -0.462 e. The summed E-state index contributed by atoms with van der Waals surface area (Å²) in [4.78, 5) is 31.5. The van der Waals surface area contributed by atoms with Gasteiger partial charge in [0.1, 0.15) is 4.88 Å². The minimum atomic E-state index is -0.415. The van der Waals surface area contributed by atoms with Crippen molar-refractivity contribution in [1.29, 1.82) is 0 Å². The van der Waals surface area contributed by atoms with Crippen molar-refractivity contribution in [2.45, 2.75) is 57.5 Å². The molecular formula is C19H24N4O3S. The van der Waals surface area contributed by atoms with Crippen molar-refractivity contribution >= 4 is 23.2 Å². The molecule has 1 atom stereocenters. The van der Waals surface area contributed by atoms with Gasteiger partial charge in [0.2, 0.25) is 5.91 Å². The summed E-state index contributed by atoms with van der Waals surface area (Å²) in [6.07, 6.45) is 8.54. The smallest absolute Gasteiger partial charge is 0.350 e. The molecule has 0 saturated carbocycles. The first-order valence-electron chi connectivity index (χ1n) is 9.27. The molecule has 0 N–H and O–H groups in total. The van der Waals surface area contributed by atoms with Crippen LogP contribution in [0.15, 0.2) is 10.2 Å². The van der Waals surface area contributed by atoms with Crippen molar-refractivity contribution in [3.8, 4) is 12.3 Å². The number of hydrogen-bond acceptors (Lipinski definition) is 7. The lowest BCUT2D eigenvalue weighted by Gasteiger charge is -2.17. The van der Waals surface area contributed by atoms with Crippen LogP contribution in [0.4, 0.5) is 0 Å². The van der Waals surface area contributed by atoms with Crippen LogP contribution in [0.5, 0.6) is 0 Å². The molecule has 27 heavy (non-hydrogen) atoms. The normalized spacial score (nSPS) is 19.7. The molecule has 144 valence electrons. The molecule has 0 aliphatic carbocycles. The van der Waals surface area contributed by atoms with Crippen LogP contribution in [0.25, 0.3) is 0 Å². The van der Waals surface area contributed by atoms with Crippen LogP contribution < -0.4 is 0 Å².